The number of hydrogen-bond acceptors (Lipinski definition) is 5. The number of carbonyl (C=O) groups is 1. The number of hydrogen-bond donors (Lipinski definition) is 0. The number of fused-ring (bicyclic) bond motifs is 3. The SMILES string of the molecule is Cc1ccc(N=NC2Sc3nc4ccccc4n3C2=O)cc1. The largest absolute Gasteiger partial charge is 0.270 e. The lowest BCUT2D eigenvalue weighted by molar-refractivity contribution is 0.0915. The number of aryl methyl sites for hydroxylation is 1. The average Bonchev–Trinajstić information content (AvgIpc) is 3.04. The van der Waals surface area contributed by atoms with Gasteiger partial charge in [-0.25, -0.2) is 4.98 Å². The maximum atomic E-state index is 12.5. The molecule has 0 saturated carbocycles. The fourth-order valence-electron chi connectivity index (χ4n) is 2.36. The number of azo groups is 1. The Hall–Kier alpha value is -2.47. The highest BCUT2D eigenvalue weighted by Crippen LogP contribution is 2.36. The zero-order chi connectivity index (χ0) is 15.1. The number of benzene rings is 2. The molecule has 0 spiro atoms. The van der Waals surface area contributed by atoms with Crippen LogP contribution >= 0.6 is 11.8 Å². The molecular formula is C16H12N4OS. The minimum Gasteiger partial charge on any atom is -0.270 e. The van der Waals surface area contributed by atoms with Crippen molar-refractivity contribution < 1.29 is 4.79 Å². The first-order valence-corrected chi connectivity index (χ1v) is 7.76. The second-order valence-electron chi connectivity index (χ2n) is 5.08. The van der Waals surface area contributed by atoms with Gasteiger partial charge in [-0.15, -0.1) is 0 Å². The van der Waals surface area contributed by atoms with E-state index in [2.05, 4.69) is 15.2 Å². The minimum absolute atomic E-state index is 0.0930. The molecule has 5 nitrogen and oxygen atoms in total. The summed E-state index contributed by atoms with van der Waals surface area (Å²) >= 11 is 1.33. The van der Waals surface area contributed by atoms with E-state index in [1.165, 1.54) is 11.8 Å². The first kappa shape index (κ1) is 13.2. The van der Waals surface area contributed by atoms with Gasteiger partial charge < -0.3 is 0 Å². The van der Waals surface area contributed by atoms with Gasteiger partial charge in [-0.05, 0) is 43.0 Å². The molecule has 1 atom stereocenters. The molecule has 0 N–H and O–H groups in total. The fourth-order valence-corrected chi connectivity index (χ4v) is 3.31. The Morgan fingerprint density at radius 1 is 1.14 bits per heavy atom. The van der Waals surface area contributed by atoms with Gasteiger partial charge in [0.15, 0.2) is 5.16 Å². The lowest BCUT2D eigenvalue weighted by atomic mass is 10.2. The molecule has 3 aromatic rings. The Balaban J connectivity index is 1.63. The number of imidazole rings is 1. The molecule has 4 rings (SSSR count). The molecule has 0 fully saturated rings. The highest BCUT2D eigenvalue weighted by molar-refractivity contribution is 8.00. The molecule has 0 saturated heterocycles. The molecule has 0 amide bonds. The van der Waals surface area contributed by atoms with Gasteiger partial charge in [-0.1, -0.05) is 29.8 Å². The van der Waals surface area contributed by atoms with Gasteiger partial charge in [0.25, 0.3) is 5.91 Å². The van der Waals surface area contributed by atoms with Crippen LogP contribution in [0.1, 0.15) is 10.4 Å². The molecule has 0 aliphatic carbocycles. The third-order valence-electron chi connectivity index (χ3n) is 3.49. The molecule has 1 aliphatic heterocycles. The average molecular weight is 308 g/mol. The van der Waals surface area contributed by atoms with Crippen molar-refractivity contribution in [2.45, 2.75) is 17.5 Å². The van der Waals surface area contributed by atoms with E-state index in [0.717, 1.165) is 22.3 Å². The van der Waals surface area contributed by atoms with Crippen LogP contribution in [-0.2, 0) is 0 Å². The van der Waals surface area contributed by atoms with Gasteiger partial charge in [0.2, 0.25) is 5.37 Å². The summed E-state index contributed by atoms with van der Waals surface area (Å²) in [4.78, 5) is 17.0. The van der Waals surface area contributed by atoms with E-state index in [9.17, 15) is 4.79 Å². The van der Waals surface area contributed by atoms with Gasteiger partial charge in [-0.3, -0.25) is 9.36 Å². The Morgan fingerprint density at radius 3 is 2.73 bits per heavy atom. The number of rotatable bonds is 2. The molecule has 2 aromatic carbocycles. The molecule has 22 heavy (non-hydrogen) atoms. The predicted octanol–water partition coefficient (Wildman–Crippen LogP) is 4.20. The quantitative estimate of drug-likeness (QED) is 0.667. The zero-order valence-electron chi connectivity index (χ0n) is 11.8. The molecule has 1 aliphatic rings. The Morgan fingerprint density at radius 2 is 1.91 bits per heavy atom. The zero-order valence-corrected chi connectivity index (χ0v) is 12.6. The second kappa shape index (κ2) is 5.06. The van der Waals surface area contributed by atoms with Crippen molar-refractivity contribution in [3.05, 3.63) is 54.1 Å². The van der Waals surface area contributed by atoms with Crippen molar-refractivity contribution in [1.82, 2.24) is 9.55 Å². The van der Waals surface area contributed by atoms with Gasteiger partial charge in [0.1, 0.15) is 0 Å². The topological polar surface area (TPSA) is 59.6 Å². The highest BCUT2D eigenvalue weighted by Gasteiger charge is 2.34. The lowest BCUT2D eigenvalue weighted by Crippen LogP contribution is -2.14. The van der Waals surface area contributed by atoms with E-state index in [1.54, 1.807) is 4.57 Å². The van der Waals surface area contributed by atoms with E-state index in [-0.39, 0.29) is 5.91 Å². The smallest absolute Gasteiger partial charge is 0.270 e. The van der Waals surface area contributed by atoms with Gasteiger partial charge in [-0.2, -0.15) is 10.2 Å². The van der Waals surface area contributed by atoms with Crippen LogP contribution in [0.2, 0.25) is 0 Å². The summed E-state index contributed by atoms with van der Waals surface area (Å²) in [6.45, 7) is 2.02. The summed E-state index contributed by atoms with van der Waals surface area (Å²) < 4.78 is 1.62. The molecule has 0 radical (unpaired) electrons. The normalized spacial score (nSPS) is 17.5. The number of carbonyl (C=O) groups excluding carboxylic acids is 1. The van der Waals surface area contributed by atoms with E-state index in [1.807, 2.05) is 55.5 Å². The van der Waals surface area contributed by atoms with Crippen molar-refractivity contribution in [2.75, 3.05) is 0 Å². The van der Waals surface area contributed by atoms with Gasteiger partial charge in [0, 0.05) is 0 Å². The number of nitrogens with zero attached hydrogens (tertiary/aromatic N) is 4. The van der Waals surface area contributed by atoms with Crippen molar-refractivity contribution >= 4 is 34.4 Å². The monoisotopic (exact) mass is 308 g/mol. The Bertz CT molecular complexity index is 898. The van der Waals surface area contributed by atoms with Crippen LogP contribution in [0.5, 0.6) is 0 Å². The molecule has 0 bridgehead atoms. The molecule has 2 heterocycles. The molecular weight excluding hydrogens is 296 g/mol. The van der Waals surface area contributed by atoms with Crippen LogP contribution in [-0.4, -0.2) is 20.8 Å². The first-order chi connectivity index (χ1) is 10.7. The third-order valence-corrected chi connectivity index (χ3v) is 4.49. The van der Waals surface area contributed by atoms with E-state index >= 15 is 0 Å². The minimum atomic E-state index is -0.562. The van der Waals surface area contributed by atoms with Gasteiger partial charge in [0.05, 0.1) is 16.7 Å². The molecule has 108 valence electrons. The number of para-hydroxylation sites is 2. The summed E-state index contributed by atoms with van der Waals surface area (Å²) in [5.41, 5.74) is 3.56. The van der Waals surface area contributed by atoms with Crippen molar-refractivity contribution in [3.8, 4) is 0 Å². The van der Waals surface area contributed by atoms with E-state index in [0.29, 0.717) is 5.16 Å². The second-order valence-corrected chi connectivity index (χ2v) is 6.13. The van der Waals surface area contributed by atoms with Crippen LogP contribution < -0.4 is 0 Å². The molecule has 6 heteroatoms. The fraction of sp³-hybridized carbons (Fsp3) is 0.125. The highest BCUT2D eigenvalue weighted by atomic mass is 32.2. The standard InChI is InChI=1S/C16H12N4OS/c1-10-6-8-11(9-7-10)18-19-14-15(21)20-13-5-3-2-4-12(13)17-16(20)22-14/h2-9,14H,1H3. The lowest BCUT2D eigenvalue weighted by Gasteiger charge is -2.00. The third kappa shape index (κ3) is 2.12. The van der Waals surface area contributed by atoms with Crippen LogP contribution in [0, 0.1) is 6.92 Å². The maximum Gasteiger partial charge on any atom is 0.270 e. The van der Waals surface area contributed by atoms with Crippen LogP contribution in [0.15, 0.2) is 63.9 Å². The van der Waals surface area contributed by atoms with Crippen molar-refractivity contribution in [1.29, 1.82) is 0 Å². The van der Waals surface area contributed by atoms with E-state index in [4.69, 9.17) is 0 Å². The Labute approximate surface area is 131 Å². The number of aromatic nitrogens is 2. The summed E-state index contributed by atoms with van der Waals surface area (Å²) in [6, 6.07) is 15.3. The van der Waals surface area contributed by atoms with Crippen molar-refractivity contribution in [2.24, 2.45) is 10.2 Å². The Kier molecular flexibility index (Phi) is 3.04. The van der Waals surface area contributed by atoms with Crippen LogP contribution in [0.4, 0.5) is 5.69 Å². The first-order valence-electron chi connectivity index (χ1n) is 6.88. The predicted molar refractivity (Wildman–Crippen MR) is 85.7 cm³/mol. The summed E-state index contributed by atoms with van der Waals surface area (Å²) in [5.74, 6) is -0.0930. The van der Waals surface area contributed by atoms with Crippen LogP contribution in [0.3, 0.4) is 0 Å². The summed E-state index contributed by atoms with van der Waals surface area (Å²) in [6.07, 6.45) is 0. The van der Waals surface area contributed by atoms with Crippen molar-refractivity contribution in [3.63, 3.8) is 0 Å². The summed E-state index contributed by atoms with van der Waals surface area (Å²) in [7, 11) is 0. The van der Waals surface area contributed by atoms with E-state index < -0.39 is 5.37 Å². The maximum absolute atomic E-state index is 12.5. The van der Waals surface area contributed by atoms with Gasteiger partial charge >= 0.3 is 0 Å². The molecule has 1 aromatic heterocycles. The summed E-state index contributed by atoms with van der Waals surface area (Å²) in [5, 5.41) is 8.46. The number of thioether (sulfide) groups is 1. The van der Waals surface area contributed by atoms with Crippen LogP contribution in [0.25, 0.3) is 11.0 Å². The molecule has 1 unspecified atom stereocenters.